The number of nitrogens with one attached hydrogen (secondary N) is 1. The Hall–Kier alpha value is -0.330. The van der Waals surface area contributed by atoms with Gasteiger partial charge in [0.1, 0.15) is 0 Å². The molecule has 1 rings (SSSR count). The van der Waals surface area contributed by atoms with Crippen LogP contribution in [-0.4, -0.2) is 57.5 Å². The standard InChI is InChI=1S/C12H23F3N2O/c1-18-9-5-16-10-11-2-6-17(7-3-11)8-4-12(13,14)15/h11,16H,2-10H2,1H3. The zero-order chi connectivity index (χ0) is 13.4. The lowest BCUT2D eigenvalue weighted by Crippen LogP contribution is -2.39. The van der Waals surface area contributed by atoms with Gasteiger partial charge < -0.3 is 15.0 Å². The molecular formula is C12H23F3N2O. The van der Waals surface area contributed by atoms with Crippen molar-refractivity contribution in [2.45, 2.75) is 25.4 Å². The average molecular weight is 268 g/mol. The van der Waals surface area contributed by atoms with Gasteiger partial charge in [-0.2, -0.15) is 13.2 Å². The molecule has 108 valence electrons. The third-order valence-electron chi connectivity index (χ3n) is 3.33. The van der Waals surface area contributed by atoms with Gasteiger partial charge in [0.25, 0.3) is 0 Å². The van der Waals surface area contributed by atoms with Crippen molar-refractivity contribution in [2.24, 2.45) is 5.92 Å². The molecule has 0 aromatic carbocycles. The van der Waals surface area contributed by atoms with E-state index in [1.54, 1.807) is 7.11 Å². The Bertz CT molecular complexity index is 216. The van der Waals surface area contributed by atoms with Crippen LogP contribution in [0.5, 0.6) is 0 Å². The molecule has 0 radical (unpaired) electrons. The second kappa shape index (κ2) is 7.96. The van der Waals surface area contributed by atoms with Gasteiger partial charge in [-0.1, -0.05) is 0 Å². The summed E-state index contributed by atoms with van der Waals surface area (Å²) < 4.78 is 41.2. The number of halogens is 3. The van der Waals surface area contributed by atoms with E-state index in [0.717, 1.165) is 39.0 Å². The van der Waals surface area contributed by atoms with Crippen LogP contribution in [0.2, 0.25) is 0 Å². The normalized spacial score (nSPS) is 19.3. The monoisotopic (exact) mass is 268 g/mol. The van der Waals surface area contributed by atoms with Gasteiger partial charge in [0, 0.05) is 20.2 Å². The number of nitrogens with zero attached hydrogens (tertiary/aromatic N) is 1. The summed E-state index contributed by atoms with van der Waals surface area (Å²) in [6, 6.07) is 0. The molecule has 0 saturated carbocycles. The van der Waals surface area contributed by atoms with Gasteiger partial charge in [0.05, 0.1) is 13.0 Å². The van der Waals surface area contributed by atoms with Crippen molar-refractivity contribution in [3.8, 4) is 0 Å². The van der Waals surface area contributed by atoms with E-state index in [1.807, 2.05) is 4.90 Å². The van der Waals surface area contributed by atoms with Crippen LogP contribution in [-0.2, 0) is 4.74 Å². The van der Waals surface area contributed by atoms with Crippen LogP contribution in [0.3, 0.4) is 0 Å². The van der Waals surface area contributed by atoms with Gasteiger partial charge in [0.15, 0.2) is 0 Å². The lowest BCUT2D eigenvalue weighted by Gasteiger charge is -2.32. The van der Waals surface area contributed by atoms with Crippen molar-refractivity contribution < 1.29 is 17.9 Å². The molecule has 0 amide bonds. The number of methoxy groups -OCH3 is 1. The fourth-order valence-electron chi connectivity index (χ4n) is 2.18. The topological polar surface area (TPSA) is 24.5 Å². The minimum absolute atomic E-state index is 0.146. The second-order valence-corrected chi connectivity index (χ2v) is 4.85. The van der Waals surface area contributed by atoms with Crippen LogP contribution < -0.4 is 5.32 Å². The minimum Gasteiger partial charge on any atom is -0.383 e. The van der Waals surface area contributed by atoms with Gasteiger partial charge in [-0.3, -0.25) is 0 Å². The third kappa shape index (κ3) is 7.18. The van der Waals surface area contributed by atoms with Crippen LogP contribution in [0, 0.1) is 5.92 Å². The van der Waals surface area contributed by atoms with Crippen LogP contribution in [0.1, 0.15) is 19.3 Å². The predicted octanol–water partition coefficient (Wildman–Crippen LogP) is 1.89. The van der Waals surface area contributed by atoms with Gasteiger partial charge in [-0.05, 0) is 38.4 Å². The van der Waals surface area contributed by atoms with Crippen molar-refractivity contribution >= 4 is 0 Å². The van der Waals surface area contributed by atoms with Crippen molar-refractivity contribution in [1.29, 1.82) is 0 Å². The van der Waals surface area contributed by atoms with Crippen LogP contribution in [0.4, 0.5) is 13.2 Å². The van der Waals surface area contributed by atoms with E-state index < -0.39 is 12.6 Å². The number of likely N-dealkylation sites (tertiary alicyclic amines) is 1. The molecule has 0 bridgehead atoms. The van der Waals surface area contributed by atoms with Crippen molar-refractivity contribution in [1.82, 2.24) is 10.2 Å². The maximum atomic E-state index is 12.1. The van der Waals surface area contributed by atoms with Crippen LogP contribution in [0.25, 0.3) is 0 Å². The summed E-state index contributed by atoms with van der Waals surface area (Å²) >= 11 is 0. The summed E-state index contributed by atoms with van der Waals surface area (Å²) in [4.78, 5) is 1.92. The second-order valence-electron chi connectivity index (χ2n) is 4.85. The van der Waals surface area contributed by atoms with Crippen LogP contribution in [0.15, 0.2) is 0 Å². The molecule has 18 heavy (non-hydrogen) atoms. The number of hydrogen-bond donors (Lipinski definition) is 1. The Labute approximate surface area is 107 Å². The number of ether oxygens (including phenoxy) is 1. The molecule has 6 heteroatoms. The van der Waals surface area contributed by atoms with E-state index in [1.165, 1.54) is 0 Å². The van der Waals surface area contributed by atoms with Gasteiger partial charge in [-0.15, -0.1) is 0 Å². The summed E-state index contributed by atoms with van der Waals surface area (Å²) in [7, 11) is 1.67. The first-order valence-electron chi connectivity index (χ1n) is 6.50. The van der Waals surface area contributed by atoms with Gasteiger partial charge in [0.2, 0.25) is 0 Å². The Balaban J connectivity index is 2.05. The van der Waals surface area contributed by atoms with Crippen molar-refractivity contribution in [3.05, 3.63) is 0 Å². The Morgan fingerprint density at radius 1 is 1.28 bits per heavy atom. The lowest BCUT2D eigenvalue weighted by atomic mass is 9.96. The molecule has 0 aromatic heterocycles. The molecule has 1 fully saturated rings. The molecule has 0 spiro atoms. The summed E-state index contributed by atoms with van der Waals surface area (Å²) in [5.41, 5.74) is 0. The molecule has 1 saturated heterocycles. The molecular weight excluding hydrogens is 245 g/mol. The molecule has 1 aliphatic heterocycles. The quantitative estimate of drug-likeness (QED) is 0.714. The molecule has 0 atom stereocenters. The number of piperidine rings is 1. The first-order chi connectivity index (χ1) is 8.51. The summed E-state index contributed by atoms with van der Waals surface area (Å²) in [5.74, 6) is 0.587. The fraction of sp³-hybridized carbons (Fsp3) is 1.00. The molecule has 3 nitrogen and oxygen atoms in total. The van der Waals surface area contributed by atoms with E-state index in [9.17, 15) is 13.2 Å². The zero-order valence-corrected chi connectivity index (χ0v) is 10.9. The highest BCUT2D eigenvalue weighted by Crippen LogP contribution is 2.22. The highest BCUT2D eigenvalue weighted by molar-refractivity contribution is 4.74. The highest BCUT2D eigenvalue weighted by Gasteiger charge is 2.28. The fourth-order valence-corrected chi connectivity index (χ4v) is 2.18. The Kier molecular flexibility index (Phi) is 6.96. The SMILES string of the molecule is COCCNCC1CCN(CCC(F)(F)F)CC1. The third-order valence-corrected chi connectivity index (χ3v) is 3.33. The van der Waals surface area contributed by atoms with Crippen molar-refractivity contribution in [2.75, 3.05) is 46.4 Å². The molecule has 1 N–H and O–H groups in total. The predicted molar refractivity (Wildman–Crippen MR) is 64.6 cm³/mol. The summed E-state index contributed by atoms with van der Waals surface area (Å²) in [6.45, 7) is 4.19. The first kappa shape index (κ1) is 15.7. The van der Waals surface area contributed by atoms with E-state index >= 15 is 0 Å². The maximum Gasteiger partial charge on any atom is 0.390 e. The summed E-state index contributed by atoms with van der Waals surface area (Å²) in [6.07, 6.45) is -2.75. The Morgan fingerprint density at radius 3 is 2.50 bits per heavy atom. The zero-order valence-electron chi connectivity index (χ0n) is 10.9. The molecule has 1 aliphatic rings. The van der Waals surface area contributed by atoms with E-state index in [0.29, 0.717) is 12.5 Å². The number of alkyl halides is 3. The largest absolute Gasteiger partial charge is 0.390 e. The number of rotatable bonds is 7. The number of hydrogen-bond acceptors (Lipinski definition) is 3. The van der Waals surface area contributed by atoms with Crippen LogP contribution >= 0.6 is 0 Å². The molecule has 0 aromatic rings. The summed E-state index contributed by atoms with van der Waals surface area (Å²) in [5, 5.41) is 3.30. The highest BCUT2D eigenvalue weighted by atomic mass is 19.4. The van der Waals surface area contributed by atoms with Crippen molar-refractivity contribution in [3.63, 3.8) is 0 Å². The van der Waals surface area contributed by atoms with E-state index in [2.05, 4.69) is 5.32 Å². The average Bonchev–Trinajstić information content (AvgIpc) is 2.33. The first-order valence-corrected chi connectivity index (χ1v) is 6.50. The molecule has 0 unspecified atom stereocenters. The smallest absolute Gasteiger partial charge is 0.383 e. The Morgan fingerprint density at radius 2 is 1.94 bits per heavy atom. The minimum atomic E-state index is -4.03. The van der Waals surface area contributed by atoms with Gasteiger partial charge >= 0.3 is 6.18 Å². The molecule has 1 heterocycles. The lowest BCUT2D eigenvalue weighted by molar-refractivity contribution is -0.138. The maximum absolute atomic E-state index is 12.1. The van der Waals surface area contributed by atoms with E-state index in [-0.39, 0.29) is 6.54 Å². The molecule has 0 aliphatic carbocycles. The van der Waals surface area contributed by atoms with Gasteiger partial charge in [-0.25, -0.2) is 0 Å². The van der Waals surface area contributed by atoms with E-state index in [4.69, 9.17) is 4.74 Å².